The summed E-state index contributed by atoms with van der Waals surface area (Å²) in [4.78, 5) is 11.5. The maximum atomic E-state index is 11.5. The van der Waals surface area contributed by atoms with Crippen molar-refractivity contribution in [3.63, 3.8) is 0 Å². The van der Waals surface area contributed by atoms with Gasteiger partial charge in [-0.25, -0.2) is 4.79 Å². The fourth-order valence-corrected chi connectivity index (χ4v) is 2.28. The van der Waals surface area contributed by atoms with Gasteiger partial charge < -0.3 is 15.2 Å². The van der Waals surface area contributed by atoms with Gasteiger partial charge in [0.1, 0.15) is 5.60 Å². The number of unbranched alkanes of at least 4 members (excludes halogenated alkanes) is 1. The molecular formula is C17H27N5O3. The van der Waals surface area contributed by atoms with Crippen molar-refractivity contribution in [2.24, 2.45) is 0 Å². The number of hydrogen-bond donors (Lipinski definition) is 2. The molecule has 0 unspecified atom stereocenters. The van der Waals surface area contributed by atoms with Crippen molar-refractivity contribution in [2.45, 2.75) is 52.3 Å². The molecule has 0 bridgehead atoms. The highest BCUT2D eigenvalue weighted by Gasteiger charge is 2.15. The van der Waals surface area contributed by atoms with Gasteiger partial charge in [-0.05, 0) is 33.6 Å². The number of aryl methyl sites for hydroxylation is 1. The van der Waals surface area contributed by atoms with Crippen molar-refractivity contribution in [1.82, 2.24) is 24.9 Å². The molecule has 0 spiro atoms. The van der Waals surface area contributed by atoms with Crippen molar-refractivity contribution in [3.8, 4) is 11.1 Å². The maximum absolute atomic E-state index is 11.5. The van der Waals surface area contributed by atoms with Crippen LogP contribution in [0.25, 0.3) is 11.1 Å². The third-order valence-electron chi connectivity index (χ3n) is 3.41. The first-order valence-corrected chi connectivity index (χ1v) is 8.50. The zero-order valence-corrected chi connectivity index (χ0v) is 15.1. The van der Waals surface area contributed by atoms with Gasteiger partial charge in [0.2, 0.25) is 0 Å². The number of aliphatic hydroxyl groups is 1. The number of nitrogens with one attached hydrogen (secondary N) is 1. The third-order valence-corrected chi connectivity index (χ3v) is 3.41. The van der Waals surface area contributed by atoms with Gasteiger partial charge in [0.25, 0.3) is 0 Å². The highest BCUT2D eigenvalue weighted by molar-refractivity contribution is 5.67. The lowest BCUT2D eigenvalue weighted by Gasteiger charge is -2.19. The summed E-state index contributed by atoms with van der Waals surface area (Å²) >= 11 is 0. The minimum absolute atomic E-state index is 0.0672. The molecule has 138 valence electrons. The second-order valence-corrected chi connectivity index (χ2v) is 6.84. The van der Waals surface area contributed by atoms with E-state index in [2.05, 4.69) is 15.5 Å². The van der Waals surface area contributed by atoms with E-state index in [1.807, 2.05) is 37.8 Å². The van der Waals surface area contributed by atoms with E-state index < -0.39 is 5.60 Å². The summed E-state index contributed by atoms with van der Waals surface area (Å²) in [6, 6.07) is 0. The van der Waals surface area contributed by atoms with Crippen molar-refractivity contribution >= 4 is 6.09 Å². The first-order chi connectivity index (χ1) is 11.9. The number of rotatable bonds is 8. The Kier molecular flexibility index (Phi) is 6.58. The lowest BCUT2D eigenvalue weighted by Crippen LogP contribution is -2.33. The van der Waals surface area contributed by atoms with Crippen molar-refractivity contribution in [3.05, 3.63) is 24.8 Å². The fourth-order valence-electron chi connectivity index (χ4n) is 2.28. The Hall–Kier alpha value is -2.35. The summed E-state index contributed by atoms with van der Waals surface area (Å²) in [6.07, 6.45) is 8.81. The zero-order chi connectivity index (χ0) is 18.3. The second kappa shape index (κ2) is 8.66. The molecule has 2 aromatic heterocycles. The molecule has 0 saturated carbocycles. The number of carbonyl (C=O) groups excluding carboxylic acids is 1. The summed E-state index contributed by atoms with van der Waals surface area (Å²) < 4.78 is 8.77. The molecule has 1 amide bonds. The van der Waals surface area contributed by atoms with Crippen molar-refractivity contribution in [1.29, 1.82) is 0 Å². The van der Waals surface area contributed by atoms with Gasteiger partial charge in [-0.2, -0.15) is 10.2 Å². The standard InChI is InChI=1S/C17H27N5O3/c1-17(2,3)25-16(24)18-6-4-5-7-21-12-14(10-19-21)15-11-20-22(13-15)8-9-23/h10-13,23H,4-9H2,1-3H3,(H,18,24). The quantitative estimate of drug-likeness (QED) is 0.711. The Morgan fingerprint density at radius 2 is 1.72 bits per heavy atom. The van der Waals surface area contributed by atoms with Crippen LogP contribution in [0.2, 0.25) is 0 Å². The average molecular weight is 349 g/mol. The van der Waals surface area contributed by atoms with Crippen LogP contribution in [-0.2, 0) is 17.8 Å². The van der Waals surface area contributed by atoms with Crippen LogP contribution in [0.15, 0.2) is 24.8 Å². The number of aliphatic hydroxyl groups excluding tert-OH is 1. The van der Waals surface area contributed by atoms with Crippen LogP contribution in [0, 0.1) is 0 Å². The number of aromatic nitrogens is 4. The van der Waals surface area contributed by atoms with Crippen LogP contribution in [-0.4, -0.2) is 49.5 Å². The topological polar surface area (TPSA) is 94.2 Å². The fraction of sp³-hybridized carbons (Fsp3) is 0.588. The van der Waals surface area contributed by atoms with Gasteiger partial charge in [-0.1, -0.05) is 0 Å². The van der Waals surface area contributed by atoms with Gasteiger partial charge in [-0.15, -0.1) is 0 Å². The summed E-state index contributed by atoms with van der Waals surface area (Å²) in [5, 5.41) is 20.2. The predicted molar refractivity (Wildman–Crippen MR) is 94.0 cm³/mol. The average Bonchev–Trinajstić information content (AvgIpc) is 3.14. The first-order valence-electron chi connectivity index (χ1n) is 8.50. The predicted octanol–water partition coefficient (Wildman–Crippen LogP) is 2.04. The van der Waals surface area contributed by atoms with E-state index in [0.29, 0.717) is 13.1 Å². The van der Waals surface area contributed by atoms with Crippen molar-refractivity contribution < 1.29 is 14.6 Å². The summed E-state index contributed by atoms with van der Waals surface area (Å²) in [7, 11) is 0. The van der Waals surface area contributed by atoms with Gasteiger partial charge in [-0.3, -0.25) is 9.36 Å². The molecule has 0 aromatic carbocycles. The highest BCUT2D eigenvalue weighted by Crippen LogP contribution is 2.17. The Balaban J connectivity index is 1.70. The Bertz CT molecular complexity index is 672. The molecule has 0 fully saturated rings. The normalized spacial score (nSPS) is 11.5. The molecule has 8 nitrogen and oxygen atoms in total. The smallest absolute Gasteiger partial charge is 0.407 e. The van der Waals surface area contributed by atoms with Crippen molar-refractivity contribution in [2.75, 3.05) is 13.2 Å². The number of amides is 1. The SMILES string of the molecule is CC(C)(C)OC(=O)NCCCCn1cc(-c2cnn(CCO)c2)cn1. The van der Waals surface area contributed by atoms with Crippen LogP contribution < -0.4 is 5.32 Å². The molecule has 0 aliphatic heterocycles. The summed E-state index contributed by atoms with van der Waals surface area (Å²) in [5.41, 5.74) is 1.50. The highest BCUT2D eigenvalue weighted by atomic mass is 16.6. The molecule has 2 N–H and O–H groups in total. The largest absolute Gasteiger partial charge is 0.444 e. The van der Waals surface area contributed by atoms with Gasteiger partial charge >= 0.3 is 6.09 Å². The lowest BCUT2D eigenvalue weighted by atomic mass is 10.2. The number of ether oxygens (including phenoxy) is 1. The van der Waals surface area contributed by atoms with Crippen LogP contribution >= 0.6 is 0 Å². The molecule has 2 aromatic rings. The minimum atomic E-state index is -0.472. The minimum Gasteiger partial charge on any atom is -0.444 e. The van der Waals surface area contributed by atoms with Gasteiger partial charge in [0.15, 0.2) is 0 Å². The Labute approximate surface area is 147 Å². The zero-order valence-electron chi connectivity index (χ0n) is 15.1. The lowest BCUT2D eigenvalue weighted by molar-refractivity contribution is 0.0527. The Morgan fingerprint density at radius 1 is 1.12 bits per heavy atom. The molecule has 2 heterocycles. The van der Waals surface area contributed by atoms with Crippen LogP contribution in [0.3, 0.4) is 0 Å². The molecule has 8 heteroatoms. The van der Waals surface area contributed by atoms with Crippen LogP contribution in [0.4, 0.5) is 4.79 Å². The summed E-state index contributed by atoms with van der Waals surface area (Å²) in [5.74, 6) is 0. The number of nitrogens with zero attached hydrogens (tertiary/aromatic N) is 4. The molecule has 0 aliphatic carbocycles. The van der Waals surface area contributed by atoms with E-state index >= 15 is 0 Å². The number of hydrogen-bond acceptors (Lipinski definition) is 5. The van der Waals surface area contributed by atoms with E-state index in [-0.39, 0.29) is 12.7 Å². The van der Waals surface area contributed by atoms with Gasteiger partial charge in [0.05, 0.1) is 25.5 Å². The first kappa shape index (κ1) is 19.0. The van der Waals surface area contributed by atoms with E-state index in [0.717, 1.165) is 30.5 Å². The third kappa shape index (κ3) is 6.58. The molecular weight excluding hydrogens is 322 g/mol. The van der Waals surface area contributed by atoms with E-state index in [9.17, 15) is 4.79 Å². The molecule has 0 atom stereocenters. The molecule has 0 saturated heterocycles. The van der Waals surface area contributed by atoms with E-state index in [4.69, 9.17) is 9.84 Å². The van der Waals surface area contributed by atoms with Crippen LogP contribution in [0.5, 0.6) is 0 Å². The van der Waals surface area contributed by atoms with E-state index in [1.165, 1.54) is 0 Å². The van der Waals surface area contributed by atoms with E-state index in [1.54, 1.807) is 17.1 Å². The molecule has 0 radical (unpaired) electrons. The molecule has 2 rings (SSSR count). The van der Waals surface area contributed by atoms with Crippen LogP contribution in [0.1, 0.15) is 33.6 Å². The molecule has 25 heavy (non-hydrogen) atoms. The Morgan fingerprint density at radius 3 is 2.28 bits per heavy atom. The molecule has 0 aliphatic rings. The monoisotopic (exact) mass is 349 g/mol. The summed E-state index contributed by atoms with van der Waals surface area (Å²) in [6.45, 7) is 7.44. The second-order valence-electron chi connectivity index (χ2n) is 6.84. The van der Waals surface area contributed by atoms with Gasteiger partial charge in [0, 0.05) is 36.6 Å². The number of carbonyl (C=O) groups is 1. The maximum Gasteiger partial charge on any atom is 0.407 e. The number of alkyl carbamates (subject to hydrolysis) is 1.